The van der Waals surface area contributed by atoms with Crippen molar-refractivity contribution in [3.05, 3.63) is 0 Å². The molecule has 1 amide bonds. The van der Waals surface area contributed by atoms with Gasteiger partial charge in [0.15, 0.2) is 0 Å². The van der Waals surface area contributed by atoms with Crippen molar-refractivity contribution in [2.24, 2.45) is 11.8 Å². The summed E-state index contributed by atoms with van der Waals surface area (Å²) in [5.41, 5.74) is 0. The van der Waals surface area contributed by atoms with Gasteiger partial charge in [-0.1, -0.05) is 33.1 Å². The molecule has 3 heteroatoms. The summed E-state index contributed by atoms with van der Waals surface area (Å²) in [5, 5.41) is 6.66. The fraction of sp³-hybridized carbons (Fsp3) is 0.933. The minimum absolute atomic E-state index is 0.0634. The van der Waals surface area contributed by atoms with E-state index in [9.17, 15) is 4.79 Å². The smallest absolute Gasteiger partial charge is 0.237 e. The number of amides is 1. The van der Waals surface area contributed by atoms with Gasteiger partial charge in [0.05, 0.1) is 6.04 Å². The van der Waals surface area contributed by atoms with Crippen LogP contribution >= 0.6 is 0 Å². The summed E-state index contributed by atoms with van der Waals surface area (Å²) in [6.07, 6.45) is 8.45. The lowest BCUT2D eigenvalue weighted by Gasteiger charge is -2.36. The molecule has 0 radical (unpaired) electrons. The van der Waals surface area contributed by atoms with Gasteiger partial charge < -0.3 is 10.6 Å². The minimum Gasteiger partial charge on any atom is -0.352 e. The molecule has 1 aliphatic heterocycles. The maximum Gasteiger partial charge on any atom is 0.237 e. The first-order valence-electron chi connectivity index (χ1n) is 7.72. The van der Waals surface area contributed by atoms with Crippen LogP contribution in [-0.4, -0.2) is 24.5 Å². The van der Waals surface area contributed by atoms with Gasteiger partial charge in [-0.15, -0.1) is 0 Å². The van der Waals surface area contributed by atoms with Gasteiger partial charge in [-0.3, -0.25) is 4.79 Å². The molecule has 2 fully saturated rings. The Morgan fingerprint density at radius 2 is 1.83 bits per heavy atom. The highest BCUT2D eigenvalue weighted by atomic mass is 16.2. The molecule has 1 heterocycles. The van der Waals surface area contributed by atoms with E-state index in [1.54, 1.807) is 0 Å². The van der Waals surface area contributed by atoms with E-state index >= 15 is 0 Å². The van der Waals surface area contributed by atoms with Gasteiger partial charge in [0.25, 0.3) is 0 Å². The summed E-state index contributed by atoms with van der Waals surface area (Å²) in [5.74, 6) is 1.59. The van der Waals surface area contributed by atoms with Gasteiger partial charge in [-0.25, -0.2) is 0 Å². The van der Waals surface area contributed by atoms with Gasteiger partial charge in [0, 0.05) is 6.04 Å². The molecular formula is C15H28N2O. The van der Waals surface area contributed by atoms with Crippen molar-refractivity contribution < 1.29 is 4.79 Å². The molecule has 18 heavy (non-hydrogen) atoms. The third kappa shape index (κ3) is 3.47. The van der Waals surface area contributed by atoms with Crippen molar-refractivity contribution in [1.29, 1.82) is 0 Å². The Kier molecular flexibility index (Phi) is 5.04. The van der Waals surface area contributed by atoms with Crippen LogP contribution in [0.3, 0.4) is 0 Å². The van der Waals surface area contributed by atoms with Gasteiger partial charge >= 0.3 is 0 Å². The lowest BCUT2D eigenvalue weighted by molar-refractivity contribution is -0.125. The van der Waals surface area contributed by atoms with Crippen LogP contribution in [0.15, 0.2) is 0 Å². The summed E-state index contributed by atoms with van der Waals surface area (Å²) in [6.45, 7) is 5.57. The van der Waals surface area contributed by atoms with E-state index in [1.165, 1.54) is 38.5 Å². The predicted molar refractivity (Wildman–Crippen MR) is 74.4 cm³/mol. The van der Waals surface area contributed by atoms with Crippen LogP contribution in [0, 0.1) is 11.8 Å². The largest absolute Gasteiger partial charge is 0.352 e. The molecule has 1 saturated carbocycles. The van der Waals surface area contributed by atoms with E-state index in [0.29, 0.717) is 17.9 Å². The zero-order chi connectivity index (χ0) is 13.0. The fourth-order valence-corrected chi connectivity index (χ4v) is 3.50. The number of piperidine rings is 1. The quantitative estimate of drug-likeness (QED) is 0.810. The van der Waals surface area contributed by atoms with E-state index in [-0.39, 0.29) is 11.9 Å². The molecule has 1 saturated heterocycles. The van der Waals surface area contributed by atoms with Crippen LogP contribution in [0.4, 0.5) is 0 Å². The molecule has 3 nitrogen and oxygen atoms in total. The van der Waals surface area contributed by atoms with Crippen LogP contribution in [0.5, 0.6) is 0 Å². The van der Waals surface area contributed by atoms with Crippen molar-refractivity contribution in [1.82, 2.24) is 10.6 Å². The Balaban J connectivity index is 1.87. The normalized spacial score (nSPS) is 33.4. The molecule has 104 valence electrons. The van der Waals surface area contributed by atoms with Crippen LogP contribution < -0.4 is 10.6 Å². The molecule has 2 rings (SSSR count). The molecule has 0 aromatic carbocycles. The van der Waals surface area contributed by atoms with Crippen LogP contribution in [0.1, 0.15) is 58.8 Å². The number of carbonyl (C=O) groups is 1. The van der Waals surface area contributed by atoms with Crippen molar-refractivity contribution in [3.63, 3.8) is 0 Å². The molecule has 0 bridgehead atoms. The molecule has 2 unspecified atom stereocenters. The van der Waals surface area contributed by atoms with E-state index in [4.69, 9.17) is 0 Å². The second-order valence-corrected chi connectivity index (χ2v) is 6.31. The minimum atomic E-state index is 0.0634. The van der Waals surface area contributed by atoms with Crippen molar-refractivity contribution in [2.45, 2.75) is 70.9 Å². The van der Waals surface area contributed by atoms with E-state index in [0.717, 1.165) is 13.0 Å². The zero-order valence-electron chi connectivity index (χ0n) is 11.9. The highest BCUT2D eigenvalue weighted by Gasteiger charge is 2.30. The Hall–Kier alpha value is -0.570. The summed E-state index contributed by atoms with van der Waals surface area (Å²) in [4.78, 5) is 12.3. The number of hydrogen-bond donors (Lipinski definition) is 2. The van der Waals surface area contributed by atoms with Gasteiger partial charge in [0.1, 0.15) is 0 Å². The second-order valence-electron chi connectivity index (χ2n) is 6.31. The SMILES string of the molecule is CC(C)C1CCCCC1NC(=O)[C@@H]1CCCCN1. The Morgan fingerprint density at radius 3 is 2.50 bits per heavy atom. The van der Waals surface area contributed by atoms with Gasteiger partial charge in [-0.2, -0.15) is 0 Å². The summed E-state index contributed by atoms with van der Waals surface area (Å²) in [7, 11) is 0. The van der Waals surface area contributed by atoms with E-state index < -0.39 is 0 Å². The molecule has 2 aliphatic rings. The number of rotatable bonds is 3. The highest BCUT2D eigenvalue weighted by Crippen LogP contribution is 2.30. The van der Waals surface area contributed by atoms with E-state index in [1.807, 2.05) is 0 Å². The van der Waals surface area contributed by atoms with Crippen LogP contribution in [0.2, 0.25) is 0 Å². The highest BCUT2D eigenvalue weighted by molar-refractivity contribution is 5.82. The molecule has 3 atom stereocenters. The fourth-order valence-electron chi connectivity index (χ4n) is 3.50. The first-order chi connectivity index (χ1) is 8.68. The van der Waals surface area contributed by atoms with Gasteiger partial charge in [-0.05, 0) is 44.1 Å². The first kappa shape index (κ1) is 13.9. The molecule has 2 N–H and O–H groups in total. The lowest BCUT2D eigenvalue weighted by atomic mass is 9.77. The standard InChI is InChI=1S/C15H28N2O/c1-11(2)12-7-3-4-8-13(12)17-15(18)14-9-5-6-10-16-14/h11-14,16H,3-10H2,1-2H3,(H,17,18)/t12?,13?,14-/m0/s1. The van der Waals surface area contributed by atoms with Crippen molar-refractivity contribution in [2.75, 3.05) is 6.54 Å². The monoisotopic (exact) mass is 252 g/mol. The third-order valence-corrected chi connectivity index (χ3v) is 4.63. The number of nitrogens with one attached hydrogen (secondary N) is 2. The Labute approximate surface area is 111 Å². The average molecular weight is 252 g/mol. The van der Waals surface area contributed by atoms with E-state index in [2.05, 4.69) is 24.5 Å². The summed E-state index contributed by atoms with van der Waals surface area (Å²) < 4.78 is 0. The molecule has 0 spiro atoms. The topological polar surface area (TPSA) is 41.1 Å². The Bertz CT molecular complexity index is 272. The lowest BCUT2D eigenvalue weighted by Crippen LogP contribution is -2.52. The number of carbonyl (C=O) groups excluding carboxylic acids is 1. The average Bonchev–Trinajstić information content (AvgIpc) is 2.40. The Morgan fingerprint density at radius 1 is 1.11 bits per heavy atom. The first-order valence-corrected chi connectivity index (χ1v) is 7.72. The zero-order valence-corrected chi connectivity index (χ0v) is 11.9. The summed E-state index contributed by atoms with van der Waals surface area (Å²) in [6, 6.07) is 0.475. The third-order valence-electron chi connectivity index (χ3n) is 4.63. The maximum absolute atomic E-state index is 12.3. The predicted octanol–water partition coefficient (Wildman–Crippen LogP) is 2.46. The van der Waals surface area contributed by atoms with Crippen molar-refractivity contribution >= 4 is 5.91 Å². The van der Waals surface area contributed by atoms with Crippen LogP contribution in [0.25, 0.3) is 0 Å². The maximum atomic E-state index is 12.3. The molecule has 0 aromatic heterocycles. The number of hydrogen-bond acceptors (Lipinski definition) is 2. The van der Waals surface area contributed by atoms with Crippen molar-refractivity contribution in [3.8, 4) is 0 Å². The summed E-state index contributed by atoms with van der Waals surface area (Å²) >= 11 is 0. The van der Waals surface area contributed by atoms with Gasteiger partial charge in [0.2, 0.25) is 5.91 Å². The molecular weight excluding hydrogens is 224 g/mol. The molecule has 0 aromatic rings. The van der Waals surface area contributed by atoms with Crippen LogP contribution in [-0.2, 0) is 4.79 Å². The second kappa shape index (κ2) is 6.55. The molecule has 1 aliphatic carbocycles.